The average molecular weight is 614 g/mol. The summed E-state index contributed by atoms with van der Waals surface area (Å²) < 4.78 is 36.9. The second kappa shape index (κ2) is 14.3. The SMILES string of the molecule is CCOc1ccc(S(=O)(=O)NC(CO)CCSCc2ccccc2)cc1-c1nn2c(C(CC)CC)nc(C)c2c(=O)[nH]1. The first-order valence-electron chi connectivity index (χ1n) is 14.2. The molecule has 1 atom stereocenters. The molecule has 0 saturated heterocycles. The minimum Gasteiger partial charge on any atom is -0.493 e. The number of ether oxygens (including phenoxy) is 1. The Kier molecular flexibility index (Phi) is 10.8. The lowest BCUT2D eigenvalue weighted by atomic mass is 10.0. The van der Waals surface area contributed by atoms with Crippen molar-refractivity contribution in [1.82, 2.24) is 24.3 Å². The highest BCUT2D eigenvalue weighted by atomic mass is 32.2. The maximum absolute atomic E-state index is 13.4. The first-order chi connectivity index (χ1) is 20.2. The second-order valence-electron chi connectivity index (χ2n) is 10.1. The molecular weight excluding hydrogens is 574 g/mol. The van der Waals surface area contributed by atoms with Gasteiger partial charge in [0.2, 0.25) is 10.0 Å². The summed E-state index contributed by atoms with van der Waals surface area (Å²) in [7, 11) is -4.01. The van der Waals surface area contributed by atoms with Gasteiger partial charge in [-0.3, -0.25) is 4.79 Å². The molecule has 10 nitrogen and oxygen atoms in total. The van der Waals surface area contributed by atoms with Crippen LogP contribution in [0.15, 0.2) is 58.2 Å². The van der Waals surface area contributed by atoms with E-state index in [0.717, 1.165) is 18.6 Å². The summed E-state index contributed by atoms with van der Waals surface area (Å²) in [4.78, 5) is 20.6. The van der Waals surface area contributed by atoms with Gasteiger partial charge in [0, 0.05) is 17.7 Å². The summed E-state index contributed by atoms with van der Waals surface area (Å²) in [6.45, 7) is 7.73. The number of fused-ring (bicyclic) bond motifs is 1. The highest BCUT2D eigenvalue weighted by Gasteiger charge is 2.24. The zero-order chi connectivity index (χ0) is 30.3. The van der Waals surface area contributed by atoms with E-state index in [9.17, 15) is 18.3 Å². The summed E-state index contributed by atoms with van der Waals surface area (Å²) >= 11 is 1.68. The van der Waals surface area contributed by atoms with Gasteiger partial charge in [0.15, 0.2) is 11.3 Å². The molecule has 0 spiro atoms. The molecule has 0 aliphatic carbocycles. The van der Waals surface area contributed by atoms with Crippen molar-refractivity contribution < 1.29 is 18.3 Å². The van der Waals surface area contributed by atoms with Gasteiger partial charge in [-0.25, -0.2) is 22.6 Å². The highest BCUT2D eigenvalue weighted by Crippen LogP contribution is 2.31. The summed E-state index contributed by atoms with van der Waals surface area (Å²) in [5.74, 6) is 2.84. The Balaban J connectivity index is 1.63. The number of imidazole rings is 1. The van der Waals surface area contributed by atoms with Gasteiger partial charge in [-0.1, -0.05) is 44.2 Å². The van der Waals surface area contributed by atoms with Crippen LogP contribution in [0.2, 0.25) is 0 Å². The third-order valence-corrected chi connectivity index (χ3v) is 9.71. The number of sulfonamides is 1. The Hall–Kier alpha value is -3.19. The van der Waals surface area contributed by atoms with Gasteiger partial charge in [0.1, 0.15) is 11.6 Å². The quantitative estimate of drug-likeness (QED) is 0.165. The van der Waals surface area contributed by atoms with Crippen LogP contribution in [-0.2, 0) is 15.8 Å². The molecule has 2 heterocycles. The van der Waals surface area contributed by atoms with Crippen LogP contribution in [0.3, 0.4) is 0 Å². The Morgan fingerprint density at radius 1 is 1.12 bits per heavy atom. The van der Waals surface area contributed by atoms with Crippen molar-refractivity contribution in [3.05, 3.63) is 76.0 Å². The van der Waals surface area contributed by atoms with Gasteiger partial charge in [-0.2, -0.15) is 11.8 Å². The van der Waals surface area contributed by atoms with Crippen LogP contribution in [0.5, 0.6) is 5.75 Å². The molecule has 2 aromatic carbocycles. The molecule has 3 N–H and O–H groups in total. The fraction of sp³-hybridized carbons (Fsp3) is 0.433. The first kappa shape index (κ1) is 31.7. The Bertz CT molecular complexity index is 1650. The third kappa shape index (κ3) is 7.23. The predicted molar refractivity (Wildman–Crippen MR) is 167 cm³/mol. The number of H-pyrrole nitrogens is 1. The Morgan fingerprint density at radius 2 is 1.86 bits per heavy atom. The van der Waals surface area contributed by atoms with Crippen LogP contribution >= 0.6 is 11.8 Å². The van der Waals surface area contributed by atoms with E-state index in [2.05, 4.69) is 28.5 Å². The fourth-order valence-electron chi connectivity index (χ4n) is 4.84. The van der Waals surface area contributed by atoms with E-state index in [1.54, 1.807) is 29.3 Å². The number of aliphatic hydroxyl groups excluding tert-OH is 1. The van der Waals surface area contributed by atoms with Gasteiger partial charge < -0.3 is 14.8 Å². The number of aromatic amines is 1. The average Bonchev–Trinajstić information content (AvgIpc) is 3.32. The summed E-state index contributed by atoms with van der Waals surface area (Å²) in [6, 6.07) is 13.8. The fourth-order valence-corrected chi connectivity index (χ4v) is 7.15. The van der Waals surface area contributed by atoms with Crippen molar-refractivity contribution in [3.8, 4) is 17.1 Å². The number of aryl methyl sites for hydroxylation is 1. The van der Waals surface area contributed by atoms with E-state index in [4.69, 9.17) is 9.84 Å². The first-order valence-corrected chi connectivity index (χ1v) is 16.9. The largest absolute Gasteiger partial charge is 0.493 e. The van der Waals surface area contributed by atoms with Crippen molar-refractivity contribution in [2.75, 3.05) is 19.0 Å². The van der Waals surface area contributed by atoms with Crippen molar-refractivity contribution >= 4 is 27.3 Å². The van der Waals surface area contributed by atoms with E-state index < -0.39 is 16.1 Å². The molecule has 0 aliphatic rings. The number of nitrogens with one attached hydrogen (secondary N) is 2. The normalized spacial score (nSPS) is 12.7. The van der Waals surface area contributed by atoms with Gasteiger partial charge in [-0.15, -0.1) is 5.10 Å². The third-order valence-electron chi connectivity index (χ3n) is 7.13. The number of hydrogen-bond acceptors (Lipinski definition) is 8. The molecule has 2 aromatic heterocycles. The molecular formula is C30H39N5O5S2. The second-order valence-corrected chi connectivity index (χ2v) is 12.9. The van der Waals surface area contributed by atoms with Crippen molar-refractivity contribution in [2.24, 2.45) is 0 Å². The van der Waals surface area contributed by atoms with Crippen molar-refractivity contribution in [1.29, 1.82) is 0 Å². The summed E-state index contributed by atoms with van der Waals surface area (Å²) in [5, 5.41) is 14.7. The van der Waals surface area contributed by atoms with Crippen LogP contribution in [-0.4, -0.2) is 58.1 Å². The number of rotatable bonds is 15. The maximum atomic E-state index is 13.4. The van der Waals surface area contributed by atoms with E-state index in [1.807, 2.05) is 37.3 Å². The molecule has 0 amide bonds. The molecule has 0 aliphatic heterocycles. The Morgan fingerprint density at radius 3 is 2.52 bits per heavy atom. The number of aliphatic hydroxyl groups is 1. The van der Waals surface area contributed by atoms with Crippen LogP contribution < -0.4 is 15.0 Å². The molecule has 4 rings (SSSR count). The van der Waals surface area contributed by atoms with Gasteiger partial charge in [0.05, 0.1) is 29.4 Å². The molecule has 12 heteroatoms. The number of nitrogens with zero attached hydrogens (tertiary/aromatic N) is 3. The minimum absolute atomic E-state index is 0.0267. The zero-order valence-electron chi connectivity index (χ0n) is 24.5. The Labute approximate surface area is 251 Å². The molecule has 0 fully saturated rings. The number of aromatic nitrogens is 4. The van der Waals surface area contributed by atoms with Crippen molar-refractivity contribution in [2.45, 2.75) is 69.6 Å². The lowest BCUT2D eigenvalue weighted by Gasteiger charge is -2.18. The molecule has 0 bridgehead atoms. The minimum atomic E-state index is -4.01. The van der Waals surface area contributed by atoms with Crippen LogP contribution in [0.4, 0.5) is 0 Å². The van der Waals surface area contributed by atoms with Gasteiger partial charge in [-0.05, 0) is 62.6 Å². The number of hydrogen-bond donors (Lipinski definition) is 3. The monoisotopic (exact) mass is 613 g/mol. The smallest absolute Gasteiger partial charge is 0.277 e. The van der Waals surface area contributed by atoms with Crippen LogP contribution in [0.1, 0.15) is 63.0 Å². The van der Waals surface area contributed by atoms with E-state index in [0.29, 0.717) is 47.1 Å². The lowest BCUT2D eigenvalue weighted by molar-refractivity contribution is 0.254. The molecule has 1 unspecified atom stereocenters. The van der Waals surface area contributed by atoms with Gasteiger partial charge in [0.25, 0.3) is 5.56 Å². The maximum Gasteiger partial charge on any atom is 0.277 e. The van der Waals surface area contributed by atoms with E-state index >= 15 is 0 Å². The molecule has 226 valence electrons. The lowest BCUT2D eigenvalue weighted by Crippen LogP contribution is -2.37. The van der Waals surface area contributed by atoms with Crippen LogP contribution in [0.25, 0.3) is 16.9 Å². The number of thioether (sulfide) groups is 1. The topological polar surface area (TPSA) is 139 Å². The molecule has 42 heavy (non-hydrogen) atoms. The van der Waals surface area contributed by atoms with Crippen LogP contribution in [0, 0.1) is 6.92 Å². The standard InChI is InChI=1S/C30H39N5O5S2/c1-5-22(6-2)29-31-20(4)27-30(37)32-28(33-35(27)29)25-17-24(13-14-26(25)40-7-3)42(38,39)34-23(18-36)15-16-41-19-21-11-9-8-10-12-21/h8-14,17,22-23,34,36H,5-7,15-16,18-19H2,1-4H3,(H,32,33,37). The zero-order valence-corrected chi connectivity index (χ0v) is 26.1. The predicted octanol–water partition coefficient (Wildman–Crippen LogP) is 4.66. The van der Waals surface area contributed by atoms with Gasteiger partial charge >= 0.3 is 0 Å². The molecule has 0 saturated carbocycles. The van der Waals surface area contributed by atoms with E-state index in [1.165, 1.54) is 17.7 Å². The molecule has 0 radical (unpaired) electrons. The summed E-state index contributed by atoms with van der Waals surface area (Å²) in [6.07, 6.45) is 2.12. The summed E-state index contributed by atoms with van der Waals surface area (Å²) in [5.41, 5.74) is 2.09. The van der Waals surface area contributed by atoms with E-state index in [-0.39, 0.29) is 28.8 Å². The highest BCUT2D eigenvalue weighted by molar-refractivity contribution is 7.98. The van der Waals surface area contributed by atoms with Crippen molar-refractivity contribution in [3.63, 3.8) is 0 Å². The number of benzene rings is 2. The molecule has 4 aromatic rings.